The van der Waals surface area contributed by atoms with Gasteiger partial charge in [0.25, 0.3) is 0 Å². The number of nitrogens with two attached hydrogens (primary N) is 1. The van der Waals surface area contributed by atoms with Gasteiger partial charge in [-0.15, -0.1) is 0 Å². The predicted molar refractivity (Wildman–Crippen MR) is 58.6 cm³/mol. The van der Waals surface area contributed by atoms with Crippen LogP contribution in [0.3, 0.4) is 0 Å². The normalized spacial score (nSPS) is 11.9. The van der Waals surface area contributed by atoms with Gasteiger partial charge in [0, 0.05) is 6.54 Å². The molecule has 0 saturated carbocycles. The van der Waals surface area contributed by atoms with Gasteiger partial charge in [-0.25, -0.2) is 4.79 Å². The molecule has 0 heterocycles. The standard InChI is InChI=1S/C11H15NO4/c1-7(11(13)14)16-9-4-3-8(6-12)5-10(9)15-2/h3-5,7H,6,12H2,1-2H3,(H,13,14). The Morgan fingerprint density at radius 3 is 2.69 bits per heavy atom. The Morgan fingerprint density at radius 1 is 1.50 bits per heavy atom. The molecule has 1 aromatic carbocycles. The molecule has 0 aliphatic rings. The van der Waals surface area contributed by atoms with Gasteiger partial charge in [-0.1, -0.05) is 6.07 Å². The predicted octanol–water partition coefficient (Wildman–Crippen LogP) is 1.01. The van der Waals surface area contributed by atoms with E-state index in [4.69, 9.17) is 20.3 Å². The van der Waals surface area contributed by atoms with Crippen molar-refractivity contribution in [3.05, 3.63) is 23.8 Å². The average Bonchev–Trinajstić information content (AvgIpc) is 2.29. The Labute approximate surface area is 93.8 Å². The molecule has 5 heteroatoms. The first-order valence-corrected chi connectivity index (χ1v) is 4.85. The van der Waals surface area contributed by atoms with Gasteiger partial charge in [0.05, 0.1) is 7.11 Å². The molecule has 0 radical (unpaired) electrons. The third-order valence-electron chi connectivity index (χ3n) is 2.12. The smallest absolute Gasteiger partial charge is 0.344 e. The molecule has 0 spiro atoms. The number of aliphatic carboxylic acids is 1. The first-order valence-electron chi connectivity index (χ1n) is 4.85. The molecule has 1 unspecified atom stereocenters. The van der Waals surface area contributed by atoms with Crippen LogP contribution in [-0.2, 0) is 11.3 Å². The molecule has 0 aliphatic carbocycles. The van der Waals surface area contributed by atoms with E-state index in [-0.39, 0.29) is 0 Å². The van der Waals surface area contributed by atoms with Crippen LogP contribution in [0.2, 0.25) is 0 Å². The highest BCUT2D eigenvalue weighted by atomic mass is 16.5. The second kappa shape index (κ2) is 5.37. The van der Waals surface area contributed by atoms with Gasteiger partial charge in [-0.3, -0.25) is 0 Å². The zero-order valence-electron chi connectivity index (χ0n) is 9.27. The molecule has 1 atom stereocenters. The van der Waals surface area contributed by atoms with Crippen molar-refractivity contribution in [1.82, 2.24) is 0 Å². The number of methoxy groups -OCH3 is 1. The molecule has 0 fully saturated rings. The quantitative estimate of drug-likeness (QED) is 0.781. The SMILES string of the molecule is COc1cc(CN)ccc1OC(C)C(=O)O. The average molecular weight is 225 g/mol. The van der Waals surface area contributed by atoms with E-state index in [2.05, 4.69) is 0 Å². The lowest BCUT2D eigenvalue weighted by Crippen LogP contribution is -2.23. The Kier molecular flexibility index (Phi) is 4.13. The molecule has 0 bridgehead atoms. The van der Waals surface area contributed by atoms with E-state index in [1.165, 1.54) is 14.0 Å². The first-order chi connectivity index (χ1) is 7.58. The van der Waals surface area contributed by atoms with E-state index in [0.29, 0.717) is 18.0 Å². The molecule has 5 nitrogen and oxygen atoms in total. The first kappa shape index (κ1) is 12.3. The van der Waals surface area contributed by atoms with Crippen LogP contribution in [-0.4, -0.2) is 24.3 Å². The monoisotopic (exact) mass is 225 g/mol. The van der Waals surface area contributed by atoms with E-state index < -0.39 is 12.1 Å². The molecule has 1 rings (SSSR count). The number of carboxylic acids is 1. The van der Waals surface area contributed by atoms with Crippen molar-refractivity contribution in [2.45, 2.75) is 19.6 Å². The summed E-state index contributed by atoms with van der Waals surface area (Å²) in [6, 6.07) is 5.15. The molecule has 16 heavy (non-hydrogen) atoms. The minimum atomic E-state index is -1.02. The second-order valence-corrected chi connectivity index (χ2v) is 3.29. The van der Waals surface area contributed by atoms with Gasteiger partial charge in [0.2, 0.25) is 0 Å². The van der Waals surface area contributed by atoms with Crippen LogP contribution in [0.4, 0.5) is 0 Å². The van der Waals surface area contributed by atoms with E-state index in [0.717, 1.165) is 5.56 Å². The number of ether oxygens (including phenoxy) is 2. The largest absolute Gasteiger partial charge is 0.493 e. The van der Waals surface area contributed by atoms with E-state index in [1.807, 2.05) is 0 Å². The van der Waals surface area contributed by atoms with Crippen molar-refractivity contribution in [3.8, 4) is 11.5 Å². The zero-order chi connectivity index (χ0) is 12.1. The third-order valence-corrected chi connectivity index (χ3v) is 2.12. The summed E-state index contributed by atoms with van der Waals surface area (Å²) in [5.74, 6) is -0.143. The number of carboxylic acid groups (broad SMARTS) is 1. The maximum absolute atomic E-state index is 10.6. The Morgan fingerprint density at radius 2 is 2.19 bits per heavy atom. The van der Waals surface area contributed by atoms with Gasteiger partial charge in [0.1, 0.15) is 0 Å². The fourth-order valence-electron chi connectivity index (χ4n) is 1.18. The van der Waals surface area contributed by atoms with Crippen LogP contribution in [0.1, 0.15) is 12.5 Å². The topological polar surface area (TPSA) is 81.8 Å². The summed E-state index contributed by atoms with van der Waals surface area (Å²) in [7, 11) is 1.49. The molecule has 88 valence electrons. The number of hydrogen-bond acceptors (Lipinski definition) is 4. The highest BCUT2D eigenvalue weighted by Crippen LogP contribution is 2.28. The highest BCUT2D eigenvalue weighted by molar-refractivity contribution is 5.72. The summed E-state index contributed by atoms with van der Waals surface area (Å²) < 4.78 is 10.3. The van der Waals surface area contributed by atoms with Crippen LogP contribution in [0.5, 0.6) is 11.5 Å². The summed E-state index contributed by atoms with van der Waals surface area (Å²) in [5.41, 5.74) is 6.38. The lowest BCUT2D eigenvalue weighted by atomic mass is 10.2. The molecule has 1 aromatic rings. The molecule has 0 aromatic heterocycles. The lowest BCUT2D eigenvalue weighted by Gasteiger charge is -2.14. The summed E-state index contributed by atoms with van der Waals surface area (Å²) >= 11 is 0. The Balaban J connectivity index is 2.91. The van der Waals surface area contributed by atoms with Crippen molar-refractivity contribution in [2.24, 2.45) is 5.73 Å². The zero-order valence-corrected chi connectivity index (χ0v) is 9.27. The second-order valence-electron chi connectivity index (χ2n) is 3.29. The van der Waals surface area contributed by atoms with Gasteiger partial charge in [-0.2, -0.15) is 0 Å². The van der Waals surface area contributed by atoms with E-state index >= 15 is 0 Å². The van der Waals surface area contributed by atoms with Crippen molar-refractivity contribution in [3.63, 3.8) is 0 Å². The Bertz CT molecular complexity index is 378. The minimum Gasteiger partial charge on any atom is -0.493 e. The molecule has 3 N–H and O–H groups in total. The van der Waals surface area contributed by atoms with Crippen LogP contribution in [0, 0.1) is 0 Å². The van der Waals surface area contributed by atoms with Crippen LogP contribution in [0.15, 0.2) is 18.2 Å². The van der Waals surface area contributed by atoms with Gasteiger partial charge in [0.15, 0.2) is 17.6 Å². The number of carbonyl (C=O) groups is 1. The molecule has 0 saturated heterocycles. The van der Waals surface area contributed by atoms with Crippen molar-refractivity contribution in [2.75, 3.05) is 7.11 Å². The summed E-state index contributed by atoms with van der Waals surface area (Å²) in [6.45, 7) is 1.85. The van der Waals surface area contributed by atoms with Gasteiger partial charge < -0.3 is 20.3 Å². The summed E-state index contributed by atoms with van der Waals surface area (Å²) in [6.07, 6.45) is -0.919. The lowest BCUT2D eigenvalue weighted by molar-refractivity contribution is -0.144. The van der Waals surface area contributed by atoms with Crippen molar-refractivity contribution in [1.29, 1.82) is 0 Å². The van der Waals surface area contributed by atoms with Gasteiger partial charge in [-0.05, 0) is 24.6 Å². The molecular formula is C11H15NO4. The number of hydrogen-bond donors (Lipinski definition) is 2. The number of benzene rings is 1. The van der Waals surface area contributed by atoms with Crippen LogP contribution < -0.4 is 15.2 Å². The highest BCUT2D eigenvalue weighted by Gasteiger charge is 2.15. The molecule has 0 aliphatic heterocycles. The summed E-state index contributed by atoms with van der Waals surface area (Å²) in [5, 5.41) is 8.72. The fraction of sp³-hybridized carbons (Fsp3) is 0.364. The van der Waals surface area contributed by atoms with E-state index in [9.17, 15) is 4.79 Å². The van der Waals surface area contributed by atoms with E-state index in [1.54, 1.807) is 18.2 Å². The molecular weight excluding hydrogens is 210 g/mol. The van der Waals surface area contributed by atoms with Crippen LogP contribution >= 0.6 is 0 Å². The maximum atomic E-state index is 10.6. The summed E-state index contributed by atoms with van der Waals surface area (Å²) in [4.78, 5) is 10.6. The minimum absolute atomic E-state index is 0.394. The third kappa shape index (κ3) is 2.87. The maximum Gasteiger partial charge on any atom is 0.344 e. The fourth-order valence-corrected chi connectivity index (χ4v) is 1.18. The Hall–Kier alpha value is -1.75. The van der Waals surface area contributed by atoms with Crippen LogP contribution in [0.25, 0.3) is 0 Å². The molecule has 0 amide bonds. The van der Waals surface area contributed by atoms with Gasteiger partial charge >= 0.3 is 5.97 Å². The number of rotatable bonds is 5. The van der Waals surface area contributed by atoms with Crippen molar-refractivity contribution >= 4 is 5.97 Å². The van der Waals surface area contributed by atoms with Crippen molar-refractivity contribution < 1.29 is 19.4 Å².